The van der Waals surface area contributed by atoms with Crippen LogP contribution in [0.15, 0.2) is 42.5 Å². The van der Waals surface area contributed by atoms with Gasteiger partial charge in [0.2, 0.25) is 0 Å². The van der Waals surface area contributed by atoms with Crippen molar-refractivity contribution in [1.29, 1.82) is 0 Å². The Kier molecular flexibility index (Phi) is 6.35. The number of nitrogens with zero attached hydrogens (tertiary/aromatic N) is 2. The van der Waals surface area contributed by atoms with Gasteiger partial charge in [0.25, 0.3) is 5.91 Å². The summed E-state index contributed by atoms with van der Waals surface area (Å²) >= 11 is 11.9. The van der Waals surface area contributed by atoms with Crippen LogP contribution in [0.3, 0.4) is 0 Å². The van der Waals surface area contributed by atoms with Crippen molar-refractivity contribution in [3.8, 4) is 5.75 Å². The number of hydrogen-bond donors (Lipinski definition) is 0. The first kappa shape index (κ1) is 19.0. The summed E-state index contributed by atoms with van der Waals surface area (Å²) in [6.07, 6.45) is 0. The predicted molar refractivity (Wildman–Crippen MR) is 100 cm³/mol. The minimum atomic E-state index is -0.195. The number of benzene rings is 2. The summed E-state index contributed by atoms with van der Waals surface area (Å²) < 4.78 is 19.2. The van der Waals surface area contributed by atoms with Crippen LogP contribution in [0.4, 0.5) is 4.39 Å². The molecule has 4 nitrogen and oxygen atoms in total. The van der Waals surface area contributed by atoms with Crippen molar-refractivity contribution in [1.82, 2.24) is 9.80 Å². The SMILES string of the molecule is O=C(COc1ccc(Cl)cc1Cl)N1CCN(Cc2ccccc2F)CC1. The van der Waals surface area contributed by atoms with Crippen molar-refractivity contribution in [3.63, 3.8) is 0 Å². The van der Waals surface area contributed by atoms with E-state index in [-0.39, 0.29) is 18.3 Å². The van der Waals surface area contributed by atoms with E-state index in [2.05, 4.69) is 4.90 Å². The highest BCUT2D eigenvalue weighted by Gasteiger charge is 2.22. The molecule has 0 radical (unpaired) electrons. The first-order valence-electron chi connectivity index (χ1n) is 8.34. The van der Waals surface area contributed by atoms with Gasteiger partial charge in [0.05, 0.1) is 5.02 Å². The molecule has 0 atom stereocenters. The molecule has 0 bridgehead atoms. The average molecular weight is 397 g/mol. The Bertz CT molecular complexity index is 780. The molecule has 7 heteroatoms. The van der Waals surface area contributed by atoms with Gasteiger partial charge in [-0.3, -0.25) is 9.69 Å². The molecule has 1 amide bonds. The second kappa shape index (κ2) is 8.71. The fourth-order valence-electron chi connectivity index (χ4n) is 2.85. The fourth-order valence-corrected chi connectivity index (χ4v) is 3.31. The largest absolute Gasteiger partial charge is 0.482 e. The summed E-state index contributed by atoms with van der Waals surface area (Å²) in [6.45, 7) is 3.04. The van der Waals surface area contributed by atoms with E-state index >= 15 is 0 Å². The highest BCUT2D eigenvalue weighted by Crippen LogP contribution is 2.27. The number of ether oxygens (including phenoxy) is 1. The van der Waals surface area contributed by atoms with E-state index in [1.54, 1.807) is 35.2 Å². The van der Waals surface area contributed by atoms with Gasteiger partial charge in [0.1, 0.15) is 11.6 Å². The molecule has 26 heavy (non-hydrogen) atoms. The lowest BCUT2D eigenvalue weighted by molar-refractivity contribution is -0.135. The van der Waals surface area contributed by atoms with Crippen LogP contribution in [0.2, 0.25) is 10.0 Å². The van der Waals surface area contributed by atoms with Gasteiger partial charge >= 0.3 is 0 Å². The Hall–Kier alpha value is -1.82. The molecule has 1 aliphatic heterocycles. The van der Waals surface area contributed by atoms with Crippen LogP contribution < -0.4 is 4.74 Å². The molecular formula is C19H19Cl2FN2O2. The van der Waals surface area contributed by atoms with E-state index in [0.717, 1.165) is 0 Å². The van der Waals surface area contributed by atoms with Crippen molar-refractivity contribution in [3.05, 3.63) is 63.9 Å². The van der Waals surface area contributed by atoms with Gasteiger partial charge in [-0.1, -0.05) is 41.4 Å². The Labute approximate surface area is 162 Å². The Balaban J connectivity index is 1.47. The molecule has 0 aromatic heterocycles. The number of carbonyl (C=O) groups is 1. The summed E-state index contributed by atoms with van der Waals surface area (Å²) in [7, 11) is 0. The summed E-state index contributed by atoms with van der Waals surface area (Å²) in [5, 5.41) is 0.889. The van der Waals surface area contributed by atoms with E-state index in [9.17, 15) is 9.18 Å². The first-order valence-corrected chi connectivity index (χ1v) is 9.10. The van der Waals surface area contributed by atoms with E-state index < -0.39 is 0 Å². The maximum absolute atomic E-state index is 13.7. The molecule has 0 spiro atoms. The molecule has 1 fully saturated rings. The van der Waals surface area contributed by atoms with E-state index in [0.29, 0.717) is 54.1 Å². The molecule has 2 aromatic carbocycles. The molecule has 2 aromatic rings. The number of halogens is 3. The van der Waals surface area contributed by atoms with Gasteiger partial charge in [-0.05, 0) is 24.3 Å². The number of piperazine rings is 1. The molecule has 0 unspecified atom stereocenters. The quantitative estimate of drug-likeness (QED) is 0.769. The van der Waals surface area contributed by atoms with Gasteiger partial charge in [-0.25, -0.2) is 4.39 Å². The topological polar surface area (TPSA) is 32.8 Å². The molecule has 0 N–H and O–H groups in total. The van der Waals surface area contributed by atoms with Crippen molar-refractivity contribution in [2.75, 3.05) is 32.8 Å². The zero-order valence-corrected chi connectivity index (χ0v) is 15.6. The lowest BCUT2D eigenvalue weighted by Gasteiger charge is -2.34. The molecule has 138 valence electrons. The minimum Gasteiger partial charge on any atom is -0.482 e. The van der Waals surface area contributed by atoms with Crippen LogP contribution in [0.1, 0.15) is 5.56 Å². The second-order valence-corrected chi connectivity index (χ2v) is 6.96. The number of hydrogen-bond acceptors (Lipinski definition) is 3. The van der Waals surface area contributed by atoms with E-state index in [1.165, 1.54) is 6.07 Å². The van der Waals surface area contributed by atoms with Crippen LogP contribution in [-0.4, -0.2) is 48.5 Å². The Morgan fingerprint density at radius 2 is 1.81 bits per heavy atom. The molecule has 0 saturated carbocycles. The van der Waals surface area contributed by atoms with Crippen LogP contribution in [0.5, 0.6) is 5.75 Å². The number of amides is 1. The van der Waals surface area contributed by atoms with Crippen LogP contribution in [0, 0.1) is 5.82 Å². The monoisotopic (exact) mass is 396 g/mol. The molecular weight excluding hydrogens is 378 g/mol. The molecule has 1 saturated heterocycles. The Morgan fingerprint density at radius 1 is 1.08 bits per heavy atom. The van der Waals surface area contributed by atoms with E-state index in [1.807, 2.05) is 6.07 Å². The lowest BCUT2D eigenvalue weighted by Crippen LogP contribution is -2.49. The van der Waals surface area contributed by atoms with Gasteiger partial charge in [0, 0.05) is 43.3 Å². The maximum atomic E-state index is 13.7. The summed E-state index contributed by atoms with van der Waals surface area (Å²) in [4.78, 5) is 16.2. The second-order valence-electron chi connectivity index (χ2n) is 6.11. The third-order valence-corrected chi connectivity index (χ3v) is 4.85. The summed E-state index contributed by atoms with van der Waals surface area (Å²) in [5.41, 5.74) is 0.674. The third kappa shape index (κ3) is 4.87. The molecule has 0 aliphatic carbocycles. The first-order chi connectivity index (χ1) is 12.5. The predicted octanol–water partition coefficient (Wildman–Crippen LogP) is 3.86. The van der Waals surface area contributed by atoms with Crippen LogP contribution in [-0.2, 0) is 11.3 Å². The van der Waals surface area contributed by atoms with Gasteiger partial charge in [-0.15, -0.1) is 0 Å². The zero-order valence-electron chi connectivity index (χ0n) is 14.1. The van der Waals surface area contributed by atoms with Crippen molar-refractivity contribution >= 4 is 29.1 Å². The van der Waals surface area contributed by atoms with Gasteiger partial charge in [-0.2, -0.15) is 0 Å². The standard InChI is InChI=1S/C19H19Cl2FN2O2/c20-15-5-6-18(16(21)11-15)26-13-19(25)24-9-7-23(8-10-24)12-14-3-1-2-4-17(14)22/h1-6,11H,7-10,12-13H2. The van der Waals surface area contributed by atoms with Crippen molar-refractivity contribution < 1.29 is 13.9 Å². The fraction of sp³-hybridized carbons (Fsp3) is 0.316. The van der Waals surface area contributed by atoms with Crippen molar-refractivity contribution in [2.24, 2.45) is 0 Å². The maximum Gasteiger partial charge on any atom is 0.260 e. The van der Waals surface area contributed by atoms with E-state index in [4.69, 9.17) is 27.9 Å². The highest BCUT2D eigenvalue weighted by atomic mass is 35.5. The highest BCUT2D eigenvalue weighted by molar-refractivity contribution is 6.35. The molecule has 1 heterocycles. The number of carbonyl (C=O) groups excluding carboxylic acids is 1. The molecule has 1 aliphatic rings. The van der Waals surface area contributed by atoms with Gasteiger partial charge < -0.3 is 9.64 Å². The normalized spacial score (nSPS) is 15.1. The van der Waals surface area contributed by atoms with Crippen LogP contribution >= 0.6 is 23.2 Å². The third-order valence-electron chi connectivity index (χ3n) is 4.32. The zero-order chi connectivity index (χ0) is 18.5. The Morgan fingerprint density at radius 3 is 2.50 bits per heavy atom. The summed E-state index contributed by atoms with van der Waals surface area (Å²) in [5.74, 6) is 0.142. The summed E-state index contributed by atoms with van der Waals surface area (Å²) in [6, 6.07) is 11.6. The lowest BCUT2D eigenvalue weighted by atomic mass is 10.2. The smallest absolute Gasteiger partial charge is 0.260 e. The van der Waals surface area contributed by atoms with Crippen LogP contribution in [0.25, 0.3) is 0 Å². The molecule has 3 rings (SSSR count). The number of rotatable bonds is 5. The van der Waals surface area contributed by atoms with Gasteiger partial charge in [0.15, 0.2) is 6.61 Å². The minimum absolute atomic E-state index is 0.0747. The average Bonchev–Trinajstić information content (AvgIpc) is 2.63. The van der Waals surface area contributed by atoms with Crippen molar-refractivity contribution in [2.45, 2.75) is 6.54 Å².